The Balaban J connectivity index is 2.21. The zero-order chi connectivity index (χ0) is 14.1. The number of thioether (sulfide) groups is 1. The molecule has 1 aliphatic rings. The molecule has 1 saturated heterocycles. The molecule has 5 nitrogen and oxygen atoms in total. The molecule has 1 N–H and O–H groups in total. The first-order chi connectivity index (χ1) is 8.85. The van der Waals surface area contributed by atoms with Crippen LogP contribution in [0.4, 0.5) is 0 Å². The van der Waals surface area contributed by atoms with Crippen molar-refractivity contribution >= 4 is 21.8 Å². The van der Waals surface area contributed by atoms with Crippen LogP contribution in [0.2, 0.25) is 0 Å². The normalized spacial score (nSPS) is 20.6. The van der Waals surface area contributed by atoms with Crippen LogP contribution in [-0.2, 0) is 16.6 Å². The number of sulfonamides is 1. The minimum atomic E-state index is -3.51. The van der Waals surface area contributed by atoms with E-state index in [1.165, 1.54) is 10.4 Å². The predicted octanol–water partition coefficient (Wildman–Crippen LogP) is 1.52. The molecule has 108 valence electrons. The summed E-state index contributed by atoms with van der Waals surface area (Å²) in [6.07, 6.45) is 0. The molecule has 0 spiro atoms. The van der Waals surface area contributed by atoms with E-state index in [-0.39, 0.29) is 9.84 Å². The van der Waals surface area contributed by atoms with Crippen LogP contribution in [0.15, 0.2) is 21.6 Å². The average Bonchev–Trinajstić information content (AvgIpc) is 2.77. The monoisotopic (exact) mass is 304 g/mol. The van der Waals surface area contributed by atoms with Crippen molar-refractivity contribution in [3.8, 4) is 0 Å². The van der Waals surface area contributed by atoms with Crippen LogP contribution in [0.3, 0.4) is 0 Å². The molecule has 0 unspecified atom stereocenters. The lowest BCUT2D eigenvalue weighted by atomic mass is 10.2. The summed E-state index contributed by atoms with van der Waals surface area (Å²) in [4.78, 5) is 0. The van der Waals surface area contributed by atoms with Crippen LogP contribution in [-0.4, -0.2) is 43.4 Å². The number of nitrogens with zero attached hydrogens (tertiary/aromatic N) is 1. The molecule has 7 heteroatoms. The van der Waals surface area contributed by atoms with Gasteiger partial charge in [0.1, 0.15) is 5.76 Å². The molecule has 0 radical (unpaired) electrons. The highest BCUT2D eigenvalue weighted by atomic mass is 32.2. The van der Waals surface area contributed by atoms with Gasteiger partial charge in [-0.05, 0) is 33.0 Å². The summed E-state index contributed by atoms with van der Waals surface area (Å²) >= 11 is 1.80. The van der Waals surface area contributed by atoms with E-state index in [9.17, 15) is 8.42 Å². The first-order valence-corrected chi connectivity index (χ1v) is 8.65. The SMILES string of the molecule is CNCc1ccc(S(=O)(=O)N2CCSC(C)(C)C2)o1. The molecule has 0 aliphatic carbocycles. The molecule has 1 fully saturated rings. The third-order valence-electron chi connectivity index (χ3n) is 2.97. The highest BCUT2D eigenvalue weighted by Gasteiger charge is 2.36. The summed E-state index contributed by atoms with van der Waals surface area (Å²) in [5.41, 5.74) is 0. The predicted molar refractivity (Wildman–Crippen MR) is 76.8 cm³/mol. The van der Waals surface area contributed by atoms with Crippen molar-refractivity contribution in [3.63, 3.8) is 0 Å². The van der Waals surface area contributed by atoms with Crippen molar-refractivity contribution in [2.24, 2.45) is 0 Å². The van der Waals surface area contributed by atoms with Gasteiger partial charge in [-0.1, -0.05) is 0 Å². The van der Waals surface area contributed by atoms with E-state index >= 15 is 0 Å². The molecule has 0 aromatic carbocycles. The second-order valence-corrected chi connectivity index (χ2v) is 8.87. The Morgan fingerprint density at radius 3 is 2.84 bits per heavy atom. The first-order valence-electron chi connectivity index (χ1n) is 6.22. The Morgan fingerprint density at radius 1 is 1.47 bits per heavy atom. The van der Waals surface area contributed by atoms with Gasteiger partial charge >= 0.3 is 0 Å². The van der Waals surface area contributed by atoms with E-state index in [1.54, 1.807) is 24.9 Å². The zero-order valence-electron chi connectivity index (χ0n) is 11.5. The topological polar surface area (TPSA) is 62.6 Å². The molecule has 0 amide bonds. The fraction of sp³-hybridized carbons (Fsp3) is 0.667. The molecule has 0 bridgehead atoms. The Bertz CT molecular complexity index is 537. The van der Waals surface area contributed by atoms with Gasteiger partial charge in [0.2, 0.25) is 5.09 Å². The smallest absolute Gasteiger partial charge is 0.276 e. The highest BCUT2D eigenvalue weighted by Crippen LogP contribution is 2.32. The van der Waals surface area contributed by atoms with Gasteiger partial charge in [0.25, 0.3) is 10.0 Å². The maximum absolute atomic E-state index is 12.5. The summed E-state index contributed by atoms with van der Waals surface area (Å²) in [5, 5.41) is 2.98. The molecular weight excluding hydrogens is 284 g/mol. The van der Waals surface area contributed by atoms with E-state index in [2.05, 4.69) is 19.2 Å². The molecule has 1 aliphatic heterocycles. The Hall–Kier alpha value is -0.500. The minimum absolute atomic E-state index is 0.0421. The van der Waals surface area contributed by atoms with Crippen molar-refractivity contribution in [1.82, 2.24) is 9.62 Å². The van der Waals surface area contributed by atoms with Crippen molar-refractivity contribution in [1.29, 1.82) is 0 Å². The lowest BCUT2D eigenvalue weighted by Crippen LogP contribution is -2.45. The molecule has 2 rings (SSSR count). The van der Waals surface area contributed by atoms with Gasteiger partial charge < -0.3 is 9.73 Å². The fourth-order valence-electron chi connectivity index (χ4n) is 2.07. The van der Waals surface area contributed by atoms with Crippen molar-refractivity contribution in [2.45, 2.75) is 30.2 Å². The second kappa shape index (κ2) is 5.47. The van der Waals surface area contributed by atoms with Gasteiger partial charge in [-0.3, -0.25) is 0 Å². The first kappa shape index (κ1) is 14.9. The lowest BCUT2D eigenvalue weighted by Gasteiger charge is -2.36. The summed E-state index contributed by atoms with van der Waals surface area (Å²) in [6, 6.07) is 3.24. The van der Waals surface area contributed by atoms with Crippen LogP contribution in [0.1, 0.15) is 19.6 Å². The van der Waals surface area contributed by atoms with Crippen molar-refractivity contribution in [3.05, 3.63) is 17.9 Å². The van der Waals surface area contributed by atoms with Crippen LogP contribution >= 0.6 is 11.8 Å². The third-order valence-corrected chi connectivity index (χ3v) is 5.99. The third kappa shape index (κ3) is 3.34. The van der Waals surface area contributed by atoms with E-state index in [0.717, 1.165) is 5.75 Å². The quantitative estimate of drug-likeness (QED) is 0.913. The van der Waals surface area contributed by atoms with Gasteiger partial charge in [0.05, 0.1) is 6.54 Å². The molecule has 0 saturated carbocycles. The second-order valence-electron chi connectivity index (χ2n) is 5.20. The van der Waals surface area contributed by atoms with Gasteiger partial charge in [0.15, 0.2) is 0 Å². The van der Waals surface area contributed by atoms with E-state index in [4.69, 9.17) is 4.42 Å². The number of rotatable bonds is 4. The maximum atomic E-state index is 12.5. The molecule has 1 aromatic heterocycles. The Morgan fingerprint density at radius 2 is 2.21 bits per heavy atom. The average molecular weight is 304 g/mol. The Kier molecular flexibility index (Phi) is 4.29. The minimum Gasteiger partial charge on any atom is -0.447 e. The van der Waals surface area contributed by atoms with Gasteiger partial charge in [-0.2, -0.15) is 16.1 Å². The Labute approximate surface area is 118 Å². The standard InChI is InChI=1S/C12H20N2O3S2/c1-12(2)9-14(6-7-18-12)19(15,16)11-5-4-10(17-11)8-13-3/h4-5,13H,6-9H2,1-3H3. The highest BCUT2D eigenvalue weighted by molar-refractivity contribution is 8.00. The fourth-order valence-corrected chi connectivity index (χ4v) is 4.91. The number of hydrogen-bond donors (Lipinski definition) is 1. The lowest BCUT2D eigenvalue weighted by molar-refractivity contribution is 0.353. The molecule has 0 atom stereocenters. The van der Waals surface area contributed by atoms with Crippen molar-refractivity contribution in [2.75, 3.05) is 25.9 Å². The summed E-state index contributed by atoms with van der Waals surface area (Å²) in [6.45, 7) is 5.71. The summed E-state index contributed by atoms with van der Waals surface area (Å²) in [5.74, 6) is 1.45. The molecule has 1 aromatic rings. The molecule has 19 heavy (non-hydrogen) atoms. The van der Waals surface area contributed by atoms with E-state index < -0.39 is 10.0 Å². The van der Waals surface area contributed by atoms with Crippen LogP contribution in [0, 0.1) is 0 Å². The maximum Gasteiger partial charge on any atom is 0.276 e. The van der Waals surface area contributed by atoms with Crippen molar-refractivity contribution < 1.29 is 12.8 Å². The van der Waals surface area contributed by atoms with Crippen LogP contribution in [0.5, 0.6) is 0 Å². The van der Waals surface area contributed by atoms with Crippen LogP contribution in [0.25, 0.3) is 0 Å². The van der Waals surface area contributed by atoms with E-state index in [0.29, 0.717) is 25.4 Å². The summed E-state index contributed by atoms with van der Waals surface area (Å²) < 4.78 is 31.9. The van der Waals surface area contributed by atoms with E-state index in [1.807, 2.05) is 0 Å². The van der Waals surface area contributed by atoms with Gasteiger partial charge in [-0.15, -0.1) is 0 Å². The molecular formula is C12H20N2O3S2. The number of furan rings is 1. The number of nitrogens with one attached hydrogen (secondary N) is 1. The van der Waals surface area contributed by atoms with Gasteiger partial charge in [-0.25, -0.2) is 8.42 Å². The number of hydrogen-bond acceptors (Lipinski definition) is 5. The van der Waals surface area contributed by atoms with Crippen LogP contribution < -0.4 is 5.32 Å². The zero-order valence-corrected chi connectivity index (χ0v) is 13.1. The largest absolute Gasteiger partial charge is 0.447 e. The van der Waals surface area contributed by atoms with Gasteiger partial charge in [0, 0.05) is 23.6 Å². The summed E-state index contributed by atoms with van der Waals surface area (Å²) in [7, 11) is -1.71. The molecule has 2 heterocycles.